The molecule has 100 valence electrons. The Labute approximate surface area is 114 Å². The fraction of sp³-hybridized carbons (Fsp3) is 0.533. The van der Waals surface area contributed by atoms with Crippen molar-refractivity contribution in [3.8, 4) is 0 Å². The van der Waals surface area contributed by atoms with Crippen LogP contribution in [-0.2, 0) is 9.53 Å². The Bertz CT molecular complexity index is 357. The molecule has 0 amide bonds. The minimum atomic E-state index is -0.124. The molecular weight excluding hydrogens is 244 g/mol. The molecule has 0 spiro atoms. The molecule has 3 heteroatoms. The van der Waals surface area contributed by atoms with Gasteiger partial charge in [-0.2, -0.15) is 0 Å². The lowest BCUT2D eigenvalue weighted by Gasteiger charge is -2.07. The third-order valence-corrected chi connectivity index (χ3v) is 3.65. The largest absolute Gasteiger partial charge is 0.465 e. The zero-order valence-electron chi connectivity index (χ0n) is 11.4. The Kier molecular flexibility index (Phi) is 6.88. The summed E-state index contributed by atoms with van der Waals surface area (Å²) in [6.45, 7) is 6.97. The number of hydrogen-bond acceptors (Lipinski definition) is 3. The lowest BCUT2D eigenvalue weighted by Crippen LogP contribution is -2.08. The van der Waals surface area contributed by atoms with Gasteiger partial charge in [0.05, 0.1) is 12.4 Å². The normalized spacial score (nSPS) is 10.7. The molecule has 0 saturated carbocycles. The molecule has 0 aliphatic carbocycles. The predicted molar refractivity (Wildman–Crippen MR) is 77.1 cm³/mol. The molecule has 1 rings (SSSR count). The predicted octanol–water partition coefficient (Wildman–Crippen LogP) is 4.25. The molecule has 0 N–H and O–H groups in total. The van der Waals surface area contributed by atoms with Crippen molar-refractivity contribution in [2.45, 2.75) is 44.4 Å². The van der Waals surface area contributed by atoms with Crippen LogP contribution >= 0.6 is 11.8 Å². The lowest BCUT2D eigenvalue weighted by molar-refractivity contribution is -0.140. The van der Waals surface area contributed by atoms with Crippen molar-refractivity contribution >= 4 is 17.7 Å². The number of ether oxygens (including phenoxy) is 1. The third kappa shape index (κ3) is 5.58. The summed E-state index contributed by atoms with van der Waals surface area (Å²) in [7, 11) is 0. The molecule has 1 aromatic carbocycles. The van der Waals surface area contributed by atoms with Gasteiger partial charge in [0, 0.05) is 4.90 Å². The van der Waals surface area contributed by atoms with Gasteiger partial charge in [0.25, 0.3) is 0 Å². The number of esters is 1. The fourth-order valence-electron chi connectivity index (χ4n) is 1.46. The maximum absolute atomic E-state index is 11.4. The van der Waals surface area contributed by atoms with Crippen LogP contribution in [0.3, 0.4) is 0 Å². The molecule has 1 aromatic rings. The van der Waals surface area contributed by atoms with E-state index in [0.717, 1.165) is 17.7 Å². The summed E-state index contributed by atoms with van der Waals surface area (Å²) in [5, 5.41) is 0. The number of rotatable bonds is 7. The van der Waals surface area contributed by atoms with Gasteiger partial charge in [-0.15, -0.1) is 11.8 Å². The number of unbranched alkanes of at least 4 members (excludes halogenated alkanes) is 1. The first-order chi connectivity index (χ1) is 8.63. The van der Waals surface area contributed by atoms with Crippen LogP contribution in [0.1, 0.15) is 45.1 Å². The average Bonchev–Trinajstić information content (AvgIpc) is 2.37. The van der Waals surface area contributed by atoms with Gasteiger partial charge in [0.2, 0.25) is 0 Å². The minimum Gasteiger partial charge on any atom is -0.465 e. The smallest absolute Gasteiger partial charge is 0.316 e. The van der Waals surface area contributed by atoms with E-state index in [0.29, 0.717) is 18.3 Å². The molecule has 0 fully saturated rings. The average molecular weight is 266 g/mol. The highest BCUT2D eigenvalue weighted by molar-refractivity contribution is 8.00. The molecule has 18 heavy (non-hydrogen) atoms. The number of benzene rings is 1. The Hall–Kier alpha value is -0.960. The van der Waals surface area contributed by atoms with E-state index in [1.54, 1.807) is 0 Å². The highest BCUT2D eigenvalue weighted by atomic mass is 32.2. The van der Waals surface area contributed by atoms with Gasteiger partial charge in [-0.05, 0) is 30.0 Å². The molecule has 0 aliphatic heterocycles. The summed E-state index contributed by atoms with van der Waals surface area (Å²) in [5.74, 6) is 0.814. The Balaban J connectivity index is 2.32. The number of carbonyl (C=O) groups excluding carboxylic acids is 1. The summed E-state index contributed by atoms with van der Waals surface area (Å²) >= 11 is 1.53. The molecule has 0 saturated heterocycles. The van der Waals surface area contributed by atoms with Crippen LogP contribution in [0.15, 0.2) is 29.2 Å². The first kappa shape index (κ1) is 15.1. The second kappa shape index (κ2) is 8.20. The van der Waals surface area contributed by atoms with Crippen molar-refractivity contribution < 1.29 is 9.53 Å². The number of hydrogen-bond donors (Lipinski definition) is 0. The van der Waals surface area contributed by atoms with E-state index in [2.05, 4.69) is 45.0 Å². The monoisotopic (exact) mass is 266 g/mol. The molecule has 0 atom stereocenters. The summed E-state index contributed by atoms with van der Waals surface area (Å²) in [5.41, 5.74) is 1.32. The van der Waals surface area contributed by atoms with Crippen molar-refractivity contribution in [3.05, 3.63) is 29.8 Å². The van der Waals surface area contributed by atoms with Gasteiger partial charge in [0.15, 0.2) is 0 Å². The number of carbonyl (C=O) groups is 1. The van der Waals surface area contributed by atoms with E-state index in [4.69, 9.17) is 4.74 Å². The molecule has 0 radical (unpaired) electrons. The Morgan fingerprint density at radius 2 is 1.94 bits per heavy atom. The Morgan fingerprint density at radius 1 is 1.28 bits per heavy atom. The first-order valence-corrected chi connectivity index (χ1v) is 7.50. The van der Waals surface area contributed by atoms with E-state index in [1.807, 2.05) is 0 Å². The standard InChI is InChI=1S/C15H22O2S/c1-4-5-10-17-15(16)11-18-14-8-6-13(7-9-14)12(2)3/h6-9,12H,4-5,10-11H2,1-3H3. The van der Waals surface area contributed by atoms with Gasteiger partial charge in [-0.3, -0.25) is 4.79 Å². The van der Waals surface area contributed by atoms with Crippen molar-refractivity contribution in [2.24, 2.45) is 0 Å². The van der Waals surface area contributed by atoms with Gasteiger partial charge < -0.3 is 4.74 Å². The topological polar surface area (TPSA) is 26.3 Å². The second-order valence-electron chi connectivity index (χ2n) is 4.59. The molecule has 0 unspecified atom stereocenters. The van der Waals surface area contributed by atoms with Crippen molar-refractivity contribution in [1.29, 1.82) is 0 Å². The van der Waals surface area contributed by atoms with Crippen molar-refractivity contribution in [2.75, 3.05) is 12.4 Å². The summed E-state index contributed by atoms with van der Waals surface area (Å²) in [6.07, 6.45) is 2.00. The van der Waals surface area contributed by atoms with Crippen LogP contribution in [0.4, 0.5) is 0 Å². The highest BCUT2D eigenvalue weighted by Gasteiger charge is 2.04. The molecule has 2 nitrogen and oxygen atoms in total. The van der Waals surface area contributed by atoms with E-state index in [-0.39, 0.29) is 5.97 Å². The summed E-state index contributed by atoms with van der Waals surface area (Å²) < 4.78 is 5.11. The van der Waals surface area contributed by atoms with Crippen molar-refractivity contribution in [1.82, 2.24) is 0 Å². The quantitative estimate of drug-likeness (QED) is 0.419. The maximum atomic E-state index is 11.4. The molecular formula is C15H22O2S. The van der Waals surface area contributed by atoms with Crippen molar-refractivity contribution in [3.63, 3.8) is 0 Å². The maximum Gasteiger partial charge on any atom is 0.316 e. The minimum absolute atomic E-state index is 0.124. The van der Waals surface area contributed by atoms with Gasteiger partial charge in [-0.1, -0.05) is 39.3 Å². The van der Waals surface area contributed by atoms with Gasteiger partial charge >= 0.3 is 5.97 Å². The Morgan fingerprint density at radius 3 is 2.50 bits per heavy atom. The molecule has 0 bridgehead atoms. The van der Waals surface area contributed by atoms with Crippen LogP contribution in [-0.4, -0.2) is 18.3 Å². The molecule has 0 aromatic heterocycles. The van der Waals surface area contributed by atoms with Crippen LogP contribution in [0.25, 0.3) is 0 Å². The molecule has 0 aliphatic rings. The van der Waals surface area contributed by atoms with Crippen LogP contribution in [0.5, 0.6) is 0 Å². The molecule has 0 heterocycles. The van der Waals surface area contributed by atoms with Crippen LogP contribution in [0, 0.1) is 0 Å². The lowest BCUT2D eigenvalue weighted by atomic mass is 10.0. The zero-order chi connectivity index (χ0) is 13.4. The number of thioether (sulfide) groups is 1. The van der Waals surface area contributed by atoms with E-state index >= 15 is 0 Å². The van der Waals surface area contributed by atoms with E-state index < -0.39 is 0 Å². The van der Waals surface area contributed by atoms with E-state index in [1.165, 1.54) is 17.3 Å². The zero-order valence-corrected chi connectivity index (χ0v) is 12.3. The first-order valence-electron chi connectivity index (χ1n) is 6.52. The third-order valence-electron chi connectivity index (χ3n) is 2.66. The van der Waals surface area contributed by atoms with Gasteiger partial charge in [-0.25, -0.2) is 0 Å². The SMILES string of the molecule is CCCCOC(=O)CSc1ccc(C(C)C)cc1. The summed E-state index contributed by atoms with van der Waals surface area (Å²) in [6, 6.07) is 8.38. The second-order valence-corrected chi connectivity index (χ2v) is 5.64. The van der Waals surface area contributed by atoms with Gasteiger partial charge in [0.1, 0.15) is 0 Å². The van der Waals surface area contributed by atoms with Crippen LogP contribution < -0.4 is 0 Å². The highest BCUT2D eigenvalue weighted by Crippen LogP contribution is 2.21. The van der Waals surface area contributed by atoms with E-state index in [9.17, 15) is 4.79 Å². The fourth-order valence-corrected chi connectivity index (χ4v) is 2.16. The summed E-state index contributed by atoms with van der Waals surface area (Å²) in [4.78, 5) is 12.5. The van der Waals surface area contributed by atoms with Crippen LogP contribution in [0.2, 0.25) is 0 Å².